The van der Waals surface area contributed by atoms with E-state index in [2.05, 4.69) is 22.8 Å². The Labute approximate surface area is 116 Å². The van der Waals surface area contributed by atoms with Gasteiger partial charge in [-0.2, -0.15) is 5.26 Å². The average Bonchev–Trinajstić information content (AvgIpc) is 2.90. The molecule has 96 valence electrons. The van der Waals surface area contributed by atoms with Gasteiger partial charge in [0.15, 0.2) is 0 Å². The molecule has 0 spiro atoms. The molecule has 1 aliphatic carbocycles. The number of nitrogen functional groups attached to an aromatic ring is 1. The third kappa shape index (κ3) is 2.29. The molecule has 1 aliphatic rings. The molecule has 1 aromatic carbocycles. The molecule has 3 rings (SSSR count). The zero-order valence-corrected chi connectivity index (χ0v) is 11.3. The summed E-state index contributed by atoms with van der Waals surface area (Å²) in [5, 5.41) is 14.6. The van der Waals surface area contributed by atoms with Crippen molar-refractivity contribution in [2.45, 2.75) is 25.3 Å². The molecule has 0 amide bonds. The predicted octanol–water partition coefficient (Wildman–Crippen LogP) is 3.69. The Bertz CT molecular complexity index is 639. The summed E-state index contributed by atoms with van der Waals surface area (Å²) >= 11 is 1.83. The maximum Gasteiger partial charge on any atom is 0.0992 e. The number of nitrogens with one attached hydrogen (secondary N) is 1. The highest BCUT2D eigenvalue weighted by Gasteiger charge is 2.21. The summed E-state index contributed by atoms with van der Waals surface area (Å²) < 4.78 is 0. The zero-order chi connectivity index (χ0) is 13.2. The largest absolute Gasteiger partial charge is 0.397 e. The van der Waals surface area contributed by atoms with E-state index in [1.165, 1.54) is 23.3 Å². The van der Waals surface area contributed by atoms with Crippen molar-refractivity contribution in [3.8, 4) is 6.07 Å². The Morgan fingerprint density at radius 2 is 2.26 bits per heavy atom. The highest BCUT2D eigenvalue weighted by atomic mass is 32.1. The second kappa shape index (κ2) is 4.94. The van der Waals surface area contributed by atoms with Gasteiger partial charge >= 0.3 is 0 Å². The van der Waals surface area contributed by atoms with Crippen molar-refractivity contribution >= 4 is 22.7 Å². The van der Waals surface area contributed by atoms with Gasteiger partial charge in [0.05, 0.1) is 29.0 Å². The van der Waals surface area contributed by atoms with Gasteiger partial charge in [0, 0.05) is 4.88 Å². The standard InChI is InChI=1S/C15H15N3S/c16-9-10-4-5-12(17)14(8-10)18-13-2-1-3-15-11(13)6-7-19-15/h4-8,13,18H,1-3,17H2. The number of fused-ring (bicyclic) bond motifs is 1. The molecule has 0 saturated carbocycles. The van der Waals surface area contributed by atoms with E-state index in [0.717, 1.165) is 12.1 Å². The molecule has 0 saturated heterocycles. The van der Waals surface area contributed by atoms with E-state index in [-0.39, 0.29) is 0 Å². The van der Waals surface area contributed by atoms with Crippen LogP contribution in [0.15, 0.2) is 29.6 Å². The number of nitriles is 1. The van der Waals surface area contributed by atoms with Gasteiger partial charge in [0.2, 0.25) is 0 Å². The van der Waals surface area contributed by atoms with Gasteiger partial charge in [0.1, 0.15) is 0 Å². The minimum atomic E-state index is 0.311. The fourth-order valence-electron chi connectivity index (χ4n) is 2.57. The van der Waals surface area contributed by atoms with E-state index < -0.39 is 0 Å². The highest BCUT2D eigenvalue weighted by molar-refractivity contribution is 7.10. The smallest absolute Gasteiger partial charge is 0.0992 e. The molecule has 1 unspecified atom stereocenters. The van der Waals surface area contributed by atoms with Crippen LogP contribution in [-0.2, 0) is 6.42 Å². The molecular formula is C15H15N3S. The summed E-state index contributed by atoms with van der Waals surface area (Å²) in [4.78, 5) is 1.47. The van der Waals surface area contributed by atoms with Crippen LogP contribution in [0.3, 0.4) is 0 Å². The molecule has 2 aromatic rings. The molecular weight excluding hydrogens is 254 g/mol. The van der Waals surface area contributed by atoms with Gasteiger partial charge in [-0.15, -0.1) is 11.3 Å². The molecule has 0 aliphatic heterocycles. The minimum absolute atomic E-state index is 0.311. The van der Waals surface area contributed by atoms with Crippen LogP contribution in [0.5, 0.6) is 0 Å². The number of hydrogen-bond acceptors (Lipinski definition) is 4. The number of nitrogens with zero attached hydrogens (tertiary/aromatic N) is 1. The predicted molar refractivity (Wildman–Crippen MR) is 79.2 cm³/mol. The van der Waals surface area contributed by atoms with E-state index in [4.69, 9.17) is 11.0 Å². The van der Waals surface area contributed by atoms with Crippen LogP contribution in [0.2, 0.25) is 0 Å². The van der Waals surface area contributed by atoms with Crippen molar-refractivity contribution < 1.29 is 0 Å². The topological polar surface area (TPSA) is 61.8 Å². The zero-order valence-electron chi connectivity index (χ0n) is 10.5. The first-order valence-electron chi connectivity index (χ1n) is 6.40. The number of rotatable bonds is 2. The quantitative estimate of drug-likeness (QED) is 0.817. The molecule has 1 heterocycles. The van der Waals surface area contributed by atoms with Crippen LogP contribution in [-0.4, -0.2) is 0 Å². The van der Waals surface area contributed by atoms with Crippen molar-refractivity contribution in [3.63, 3.8) is 0 Å². The van der Waals surface area contributed by atoms with Crippen LogP contribution in [0.1, 0.15) is 34.9 Å². The average molecular weight is 269 g/mol. The SMILES string of the molecule is N#Cc1ccc(N)c(NC2CCCc3sccc32)c1. The first-order valence-corrected chi connectivity index (χ1v) is 7.28. The second-order valence-electron chi connectivity index (χ2n) is 4.80. The third-order valence-corrected chi connectivity index (χ3v) is 4.56. The Morgan fingerprint density at radius 1 is 1.37 bits per heavy atom. The van der Waals surface area contributed by atoms with Crippen molar-refractivity contribution in [1.82, 2.24) is 0 Å². The fourth-order valence-corrected chi connectivity index (χ4v) is 3.56. The summed E-state index contributed by atoms with van der Waals surface area (Å²) in [5.74, 6) is 0. The van der Waals surface area contributed by atoms with E-state index in [1.807, 2.05) is 17.4 Å². The molecule has 0 radical (unpaired) electrons. The van der Waals surface area contributed by atoms with Crippen molar-refractivity contribution in [1.29, 1.82) is 5.26 Å². The van der Waals surface area contributed by atoms with E-state index in [1.54, 1.807) is 12.1 Å². The van der Waals surface area contributed by atoms with Gasteiger partial charge in [-0.3, -0.25) is 0 Å². The highest BCUT2D eigenvalue weighted by Crippen LogP contribution is 2.36. The lowest BCUT2D eigenvalue weighted by Crippen LogP contribution is -2.16. The Hall–Kier alpha value is -1.99. The summed E-state index contributed by atoms with van der Waals surface area (Å²) in [7, 11) is 0. The maximum absolute atomic E-state index is 8.97. The van der Waals surface area contributed by atoms with Crippen molar-refractivity contribution in [2.24, 2.45) is 0 Å². The number of benzene rings is 1. The molecule has 3 nitrogen and oxygen atoms in total. The fraction of sp³-hybridized carbons (Fsp3) is 0.267. The molecule has 1 atom stereocenters. The van der Waals surface area contributed by atoms with Gasteiger partial charge in [-0.05, 0) is 54.5 Å². The lowest BCUT2D eigenvalue weighted by Gasteiger charge is -2.25. The van der Waals surface area contributed by atoms with Gasteiger partial charge < -0.3 is 11.1 Å². The number of aryl methyl sites for hydroxylation is 1. The first-order chi connectivity index (χ1) is 9.28. The van der Waals surface area contributed by atoms with Gasteiger partial charge in [-0.1, -0.05) is 0 Å². The van der Waals surface area contributed by atoms with Crippen LogP contribution in [0, 0.1) is 11.3 Å². The van der Waals surface area contributed by atoms with E-state index in [9.17, 15) is 0 Å². The molecule has 3 N–H and O–H groups in total. The molecule has 1 aromatic heterocycles. The monoisotopic (exact) mass is 269 g/mol. The van der Waals surface area contributed by atoms with Crippen LogP contribution >= 0.6 is 11.3 Å². The minimum Gasteiger partial charge on any atom is -0.397 e. The first kappa shape index (κ1) is 12.1. The Morgan fingerprint density at radius 3 is 3.11 bits per heavy atom. The van der Waals surface area contributed by atoms with Crippen LogP contribution in [0.25, 0.3) is 0 Å². The molecule has 4 heteroatoms. The summed E-state index contributed by atoms with van der Waals surface area (Å²) in [6.45, 7) is 0. The molecule has 0 bridgehead atoms. The normalized spacial score (nSPS) is 17.5. The molecule has 0 fully saturated rings. The number of nitrogens with two attached hydrogens (primary N) is 1. The van der Waals surface area contributed by atoms with Crippen molar-refractivity contribution in [2.75, 3.05) is 11.1 Å². The van der Waals surface area contributed by atoms with Gasteiger partial charge in [-0.25, -0.2) is 0 Å². The number of hydrogen-bond donors (Lipinski definition) is 2. The van der Waals surface area contributed by atoms with Gasteiger partial charge in [0.25, 0.3) is 0 Å². The Balaban J connectivity index is 1.89. The number of anilines is 2. The van der Waals surface area contributed by atoms with E-state index in [0.29, 0.717) is 17.3 Å². The maximum atomic E-state index is 8.97. The summed E-state index contributed by atoms with van der Waals surface area (Å²) in [6.07, 6.45) is 3.49. The third-order valence-electron chi connectivity index (χ3n) is 3.56. The summed E-state index contributed by atoms with van der Waals surface area (Å²) in [6, 6.07) is 10.0. The Kier molecular flexibility index (Phi) is 3.14. The summed E-state index contributed by atoms with van der Waals surface area (Å²) in [5.41, 5.74) is 9.57. The van der Waals surface area contributed by atoms with Crippen molar-refractivity contribution in [3.05, 3.63) is 45.6 Å². The second-order valence-corrected chi connectivity index (χ2v) is 5.80. The molecule has 19 heavy (non-hydrogen) atoms. The van der Waals surface area contributed by atoms with Crippen LogP contribution in [0.4, 0.5) is 11.4 Å². The lowest BCUT2D eigenvalue weighted by atomic mass is 9.93. The van der Waals surface area contributed by atoms with Crippen LogP contribution < -0.4 is 11.1 Å². The number of thiophene rings is 1. The lowest BCUT2D eigenvalue weighted by molar-refractivity contribution is 0.609. The van der Waals surface area contributed by atoms with E-state index >= 15 is 0 Å².